The first-order valence-corrected chi connectivity index (χ1v) is 9.97. The number of aliphatic hydroxyl groups is 1. The average Bonchev–Trinajstić information content (AvgIpc) is 3.24. The van der Waals surface area contributed by atoms with Gasteiger partial charge in [0.25, 0.3) is 5.92 Å². The largest absolute Gasteiger partial charge is 0.374 e. The highest BCUT2D eigenvalue weighted by Gasteiger charge is 2.47. The first kappa shape index (κ1) is 25.1. The minimum absolute atomic E-state index is 0.411. The Hall–Kier alpha value is -3.16. The number of amides is 1. The van der Waals surface area contributed by atoms with Crippen molar-refractivity contribution in [1.82, 2.24) is 15.4 Å². The molecule has 0 aromatic carbocycles. The van der Waals surface area contributed by atoms with E-state index in [0.29, 0.717) is 22.6 Å². The van der Waals surface area contributed by atoms with Gasteiger partial charge in [-0.1, -0.05) is 11.2 Å². The molecular formula is C22H27F2N5O3. The van der Waals surface area contributed by atoms with Crippen LogP contribution in [0.3, 0.4) is 0 Å². The van der Waals surface area contributed by atoms with Gasteiger partial charge in [0.15, 0.2) is 0 Å². The van der Waals surface area contributed by atoms with Gasteiger partial charge in [0.05, 0.1) is 24.9 Å². The van der Waals surface area contributed by atoms with Crippen molar-refractivity contribution in [2.45, 2.75) is 52.3 Å². The van der Waals surface area contributed by atoms with Crippen molar-refractivity contribution in [1.29, 1.82) is 5.26 Å². The lowest BCUT2D eigenvalue weighted by molar-refractivity contribution is -0.132. The Morgan fingerprint density at radius 1 is 1.56 bits per heavy atom. The van der Waals surface area contributed by atoms with Crippen LogP contribution in [-0.2, 0) is 4.79 Å². The van der Waals surface area contributed by atoms with E-state index in [1.807, 2.05) is 13.0 Å². The molecule has 32 heavy (non-hydrogen) atoms. The summed E-state index contributed by atoms with van der Waals surface area (Å²) in [4.78, 5) is 17.1. The van der Waals surface area contributed by atoms with E-state index in [1.54, 1.807) is 32.9 Å². The number of hydrogen-bond donors (Lipinski definition) is 2. The second-order valence-corrected chi connectivity index (χ2v) is 7.54. The molecule has 1 unspecified atom stereocenters. The molecule has 0 aliphatic carbocycles. The van der Waals surface area contributed by atoms with Crippen LogP contribution in [0.1, 0.15) is 37.3 Å². The Kier molecular flexibility index (Phi) is 8.19. The van der Waals surface area contributed by atoms with Gasteiger partial charge in [-0.05, 0) is 51.6 Å². The van der Waals surface area contributed by atoms with Crippen LogP contribution in [0.25, 0.3) is 6.08 Å². The SMILES string of the molecule is C=N/C=C(C(/C)=C/c1c(C)noc1C)\C(=C/C)C(O)NCC(=O)N1CC(F)(F)C[C@H]1C#N. The number of halogens is 2. The number of likely N-dealkylation sites (tertiary alicyclic amines) is 1. The Bertz CT molecular complexity index is 984. The maximum absolute atomic E-state index is 13.6. The van der Waals surface area contributed by atoms with Gasteiger partial charge in [0, 0.05) is 23.8 Å². The molecule has 1 aromatic heterocycles. The monoisotopic (exact) mass is 447 g/mol. The zero-order valence-corrected chi connectivity index (χ0v) is 18.5. The molecule has 0 saturated carbocycles. The summed E-state index contributed by atoms with van der Waals surface area (Å²) in [6.07, 6.45) is 2.96. The molecule has 1 amide bonds. The molecule has 1 fully saturated rings. The standard InChI is InChI=1S/C22H27F2N5O3/c1-6-17(19(10-26-5)13(2)7-18-14(3)28-32-15(18)4)21(31)27-11-20(30)29-12-22(23,24)8-16(29)9-25/h6-7,10,16,21,27,31H,5,8,11-12H2,1-4H3/b13-7+,17-6+,19-10-/t16-,21?/m0/s1. The molecule has 1 aromatic rings. The van der Waals surface area contributed by atoms with Crippen LogP contribution in [0, 0.1) is 25.2 Å². The third-order valence-electron chi connectivity index (χ3n) is 5.20. The third-order valence-corrected chi connectivity index (χ3v) is 5.20. The maximum Gasteiger partial charge on any atom is 0.268 e. The van der Waals surface area contributed by atoms with E-state index in [4.69, 9.17) is 9.78 Å². The van der Waals surface area contributed by atoms with Crippen molar-refractivity contribution in [3.05, 3.63) is 46.0 Å². The molecule has 2 heterocycles. The van der Waals surface area contributed by atoms with E-state index >= 15 is 0 Å². The zero-order chi connectivity index (χ0) is 24.1. The second-order valence-electron chi connectivity index (χ2n) is 7.54. The number of alkyl halides is 2. The van der Waals surface area contributed by atoms with E-state index in [-0.39, 0.29) is 0 Å². The van der Waals surface area contributed by atoms with E-state index in [2.05, 4.69) is 22.2 Å². The van der Waals surface area contributed by atoms with Crippen molar-refractivity contribution in [2.24, 2.45) is 4.99 Å². The summed E-state index contributed by atoms with van der Waals surface area (Å²) in [7, 11) is 0. The van der Waals surface area contributed by atoms with Crippen LogP contribution >= 0.6 is 0 Å². The number of rotatable bonds is 8. The minimum atomic E-state index is -3.10. The van der Waals surface area contributed by atoms with Gasteiger partial charge in [-0.25, -0.2) is 8.78 Å². The number of aryl methyl sites for hydroxylation is 2. The quantitative estimate of drug-likeness (QED) is 0.360. The molecule has 10 heteroatoms. The second kappa shape index (κ2) is 10.4. The van der Waals surface area contributed by atoms with E-state index < -0.39 is 43.6 Å². The Labute approximate surface area is 185 Å². The van der Waals surface area contributed by atoms with Crippen molar-refractivity contribution in [3.8, 4) is 6.07 Å². The number of aliphatic imine (C=N–C) groups is 1. The minimum Gasteiger partial charge on any atom is -0.374 e. The summed E-state index contributed by atoms with van der Waals surface area (Å²) < 4.78 is 32.4. The maximum atomic E-state index is 13.6. The number of aromatic nitrogens is 1. The first-order valence-electron chi connectivity index (χ1n) is 9.97. The predicted molar refractivity (Wildman–Crippen MR) is 116 cm³/mol. The van der Waals surface area contributed by atoms with E-state index in [1.165, 1.54) is 6.20 Å². The molecule has 172 valence electrons. The third kappa shape index (κ3) is 5.75. The number of carbonyl (C=O) groups is 1. The van der Waals surface area contributed by atoms with Crippen molar-refractivity contribution >= 4 is 18.7 Å². The number of nitrogens with one attached hydrogen (secondary N) is 1. The summed E-state index contributed by atoms with van der Waals surface area (Å²) in [5, 5.41) is 26.3. The van der Waals surface area contributed by atoms with Crippen LogP contribution in [0.15, 0.2) is 38.5 Å². The summed E-state index contributed by atoms with van der Waals surface area (Å²) in [5.41, 5.74) is 3.19. The molecule has 2 atom stereocenters. The van der Waals surface area contributed by atoms with Gasteiger partial charge in [-0.2, -0.15) is 5.26 Å². The summed E-state index contributed by atoms with van der Waals surface area (Å²) in [5.74, 6) is -3.17. The topological polar surface area (TPSA) is 115 Å². The number of nitriles is 1. The molecular weight excluding hydrogens is 420 g/mol. The molecule has 0 spiro atoms. The fourth-order valence-electron chi connectivity index (χ4n) is 3.54. The predicted octanol–water partition coefficient (Wildman–Crippen LogP) is 2.89. The molecule has 0 radical (unpaired) electrons. The summed E-state index contributed by atoms with van der Waals surface area (Å²) in [6.45, 7) is 9.34. The molecule has 8 nitrogen and oxygen atoms in total. The van der Waals surface area contributed by atoms with Crippen molar-refractivity contribution < 1.29 is 23.2 Å². The number of carbonyl (C=O) groups excluding carboxylic acids is 1. The highest BCUT2D eigenvalue weighted by atomic mass is 19.3. The van der Waals surface area contributed by atoms with Crippen LogP contribution in [0.2, 0.25) is 0 Å². The fraction of sp³-hybridized carbons (Fsp3) is 0.455. The Morgan fingerprint density at radius 2 is 2.25 bits per heavy atom. The number of aliphatic hydroxyl groups excluding tert-OH is 1. The van der Waals surface area contributed by atoms with Gasteiger partial charge >= 0.3 is 0 Å². The van der Waals surface area contributed by atoms with Gasteiger partial charge in [0.2, 0.25) is 5.91 Å². The molecule has 2 rings (SSSR count). The van der Waals surface area contributed by atoms with Crippen molar-refractivity contribution in [3.63, 3.8) is 0 Å². The van der Waals surface area contributed by atoms with Gasteiger partial charge in [0.1, 0.15) is 18.0 Å². The highest BCUT2D eigenvalue weighted by Crippen LogP contribution is 2.31. The lowest BCUT2D eigenvalue weighted by atomic mass is 9.96. The average molecular weight is 447 g/mol. The molecule has 1 aliphatic rings. The Balaban J connectivity index is 2.17. The van der Waals surface area contributed by atoms with Crippen LogP contribution < -0.4 is 5.32 Å². The number of hydrogen-bond acceptors (Lipinski definition) is 7. The van der Waals surface area contributed by atoms with Gasteiger partial charge in [-0.3, -0.25) is 15.1 Å². The zero-order valence-electron chi connectivity index (χ0n) is 18.5. The van der Waals surface area contributed by atoms with E-state index in [0.717, 1.165) is 16.0 Å². The molecule has 2 N–H and O–H groups in total. The summed E-state index contributed by atoms with van der Waals surface area (Å²) >= 11 is 0. The van der Waals surface area contributed by atoms with Crippen LogP contribution in [0.4, 0.5) is 8.78 Å². The molecule has 1 saturated heterocycles. The smallest absolute Gasteiger partial charge is 0.268 e. The highest BCUT2D eigenvalue weighted by molar-refractivity contribution is 5.79. The lowest BCUT2D eigenvalue weighted by Crippen LogP contribution is -2.44. The lowest BCUT2D eigenvalue weighted by Gasteiger charge is -2.23. The number of allylic oxidation sites excluding steroid dienone is 2. The Morgan fingerprint density at radius 3 is 2.78 bits per heavy atom. The fourth-order valence-corrected chi connectivity index (χ4v) is 3.54. The van der Waals surface area contributed by atoms with Crippen LogP contribution in [0.5, 0.6) is 0 Å². The van der Waals surface area contributed by atoms with Gasteiger partial charge in [-0.15, -0.1) is 0 Å². The first-order chi connectivity index (χ1) is 15.0. The normalized spacial score (nSPS) is 20.2. The summed E-state index contributed by atoms with van der Waals surface area (Å²) in [6, 6.07) is 0.531. The van der Waals surface area contributed by atoms with E-state index in [9.17, 15) is 18.7 Å². The van der Waals surface area contributed by atoms with Crippen LogP contribution in [-0.4, -0.2) is 59.1 Å². The van der Waals surface area contributed by atoms with Crippen molar-refractivity contribution in [2.75, 3.05) is 13.1 Å². The molecule has 1 aliphatic heterocycles. The van der Waals surface area contributed by atoms with Gasteiger partial charge < -0.3 is 14.5 Å². The number of nitrogens with zero attached hydrogens (tertiary/aromatic N) is 4. The molecule has 0 bridgehead atoms.